The molecule has 32 heavy (non-hydrogen) atoms. The van der Waals surface area contributed by atoms with Crippen LogP contribution in [0, 0.1) is 0 Å². The molecule has 0 aromatic heterocycles. The maximum absolute atomic E-state index is 13.1. The van der Waals surface area contributed by atoms with Crippen LogP contribution in [-0.4, -0.2) is 32.2 Å². The average molecular weight is 435 g/mol. The van der Waals surface area contributed by atoms with Gasteiger partial charge in [0.25, 0.3) is 5.91 Å². The predicted octanol–water partition coefficient (Wildman–Crippen LogP) is 4.40. The molecule has 3 aromatic rings. The van der Waals surface area contributed by atoms with Crippen molar-refractivity contribution in [1.29, 1.82) is 0 Å². The Morgan fingerprint density at radius 1 is 0.812 bits per heavy atom. The number of ether oxygens (including phenoxy) is 4. The normalized spacial score (nSPS) is 11.2. The summed E-state index contributed by atoms with van der Waals surface area (Å²) in [6.07, 6.45) is -1.17. The number of amides is 1. The molecule has 0 aliphatic rings. The smallest absolute Gasteiger partial charge is 0.345 e. The molecule has 0 radical (unpaired) electrons. The molecule has 1 atom stereocenters. The second kappa shape index (κ2) is 11.4. The van der Waals surface area contributed by atoms with Crippen molar-refractivity contribution in [2.75, 3.05) is 25.6 Å². The zero-order valence-electron chi connectivity index (χ0n) is 17.9. The zero-order chi connectivity index (χ0) is 22.8. The Bertz CT molecular complexity index is 1040. The standard InChI is InChI=1S/C25H25NO6/c1-3-30-20-14-8-7-13-19(20)26-25(28)24(18-11-5-4-6-12-18)32-23(27)17-31-22-16-10-9-15-21(22)29-2/h4-16,24H,3,17H2,1-2H3,(H,26,28). The number of nitrogens with one attached hydrogen (secondary N) is 1. The van der Waals surface area contributed by atoms with E-state index in [1.165, 1.54) is 7.11 Å². The van der Waals surface area contributed by atoms with Crippen molar-refractivity contribution in [2.45, 2.75) is 13.0 Å². The van der Waals surface area contributed by atoms with Gasteiger partial charge in [-0.1, -0.05) is 54.6 Å². The number of hydrogen-bond donors (Lipinski definition) is 1. The summed E-state index contributed by atoms with van der Waals surface area (Å²) >= 11 is 0. The van der Waals surface area contributed by atoms with E-state index in [0.717, 1.165) is 0 Å². The monoisotopic (exact) mass is 435 g/mol. The highest BCUT2D eigenvalue weighted by Gasteiger charge is 2.26. The van der Waals surface area contributed by atoms with Crippen LogP contribution < -0.4 is 19.5 Å². The van der Waals surface area contributed by atoms with Crippen LogP contribution in [0.3, 0.4) is 0 Å². The highest BCUT2D eigenvalue weighted by molar-refractivity contribution is 5.97. The molecule has 3 aromatic carbocycles. The minimum absolute atomic E-state index is 0.382. The Morgan fingerprint density at radius 3 is 2.12 bits per heavy atom. The average Bonchev–Trinajstić information content (AvgIpc) is 2.83. The zero-order valence-corrected chi connectivity index (χ0v) is 17.9. The summed E-state index contributed by atoms with van der Waals surface area (Å²) in [5.74, 6) is 0.219. The van der Waals surface area contributed by atoms with E-state index in [4.69, 9.17) is 18.9 Å². The van der Waals surface area contributed by atoms with Crippen LogP contribution >= 0.6 is 0 Å². The van der Waals surface area contributed by atoms with Crippen molar-refractivity contribution in [1.82, 2.24) is 0 Å². The summed E-state index contributed by atoms with van der Waals surface area (Å²) in [5, 5.41) is 2.79. The van der Waals surface area contributed by atoms with Crippen molar-refractivity contribution in [3.8, 4) is 17.2 Å². The van der Waals surface area contributed by atoms with Gasteiger partial charge >= 0.3 is 5.97 Å². The lowest BCUT2D eigenvalue weighted by molar-refractivity contribution is -0.156. The van der Waals surface area contributed by atoms with Crippen LogP contribution in [0.4, 0.5) is 5.69 Å². The van der Waals surface area contributed by atoms with Crippen LogP contribution in [-0.2, 0) is 14.3 Å². The Kier molecular flexibility index (Phi) is 8.09. The van der Waals surface area contributed by atoms with Gasteiger partial charge in [0.2, 0.25) is 6.10 Å². The SMILES string of the molecule is CCOc1ccccc1NC(=O)C(OC(=O)COc1ccccc1OC)c1ccccc1. The third-order valence-corrected chi connectivity index (χ3v) is 4.45. The van der Waals surface area contributed by atoms with E-state index in [0.29, 0.717) is 35.1 Å². The molecule has 1 unspecified atom stereocenters. The summed E-state index contributed by atoms with van der Waals surface area (Å²) in [6, 6.07) is 22.8. The molecule has 0 aliphatic carbocycles. The molecule has 7 nitrogen and oxygen atoms in total. The fourth-order valence-corrected chi connectivity index (χ4v) is 2.99. The van der Waals surface area contributed by atoms with Gasteiger partial charge in [-0.2, -0.15) is 0 Å². The topological polar surface area (TPSA) is 83.1 Å². The highest BCUT2D eigenvalue weighted by atomic mass is 16.6. The van der Waals surface area contributed by atoms with Crippen molar-refractivity contribution in [2.24, 2.45) is 0 Å². The summed E-state index contributed by atoms with van der Waals surface area (Å²) in [4.78, 5) is 25.6. The fourth-order valence-electron chi connectivity index (χ4n) is 2.99. The van der Waals surface area contributed by atoms with Crippen molar-refractivity contribution >= 4 is 17.6 Å². The number of hydrogen-bond acceptors (Lipinski definition) is 6. The molecule has 0 spiro atoms. The number of carbonyl (C=O) groups is 2. The number of benzene rings is 3. The van der Waals surface area contributed by atoms with Gasteiger partial charge < -0.3 is 24.3 Å². The molecular weight excluding hydrogens is 410 g/mol. The number of rotatable bonds is 10. The van der Waals surface area contributed by atoms with Crippen molar-refractivity contribution < 1.29 is 28.5 Å². The first-order chi connectivity index (χ1) is 15.6. The molecule has 1 N–H and O–H groups in total. The van der Waals surface area contributed by atoms with E-state index in [2.05, 4.69) is 5.32 Å². The van der Waals surface area contributed by atoms with E-state index in [9.17, 15) is 9.59 Å². The molecule has 166 valence electrons. The van der Waals surface area contributed by atoms with Gasteiger partial charge in [-0.15, -0.1) is 0 Å². The van der Waals surface area contributed by atoms with Gasteiger partial charge in [0, 0.05) is 5.56 Å². The quantitative estimate of drug-likeness (QED) is 0.476. The minimum atomic E-state index is -1.17. The van der Waals surface area contributed by atoms with Gasteiger partial charge in [-0.25, -0.2) is 4.79 Å². The molecule has 7 heteroatoms. The number of esters is 1. The number of anilines is 1. The summed E-state index contributed by atoms with van der Waals surface area (Å²) < 4.78 is 21.8. The van der Waals surface area contributed by atoms with Crippen LogP contribution in [0.5, 0.6) is 17.2 Å². The first kappa shape index (κ1) is 22.7. The maximum atomic E-state index is 13.1. The van der Waals surface area contributed by atoms with E-state index >= 15 is 0 Å². The third-order valence-electron chi connectivity index (χ3n) is 4.45. The van der Waals surface area contributed by atoms with E-state index in [-0.39, 0.29) is 6.61 Å². The Balaban J connectivity index is 1.73. The first-order valence-corrected chi connectivity index (χ1v) is 10.1. The minimum Gasteiger partial charge on any atom is -0.493 e. The molecule has 3 rings (SSSR count). The number of para-hydroxylation sites is 4. The summed E-state index contributed by atoms with van der Waals surface area (Å²) in [5.41, 5.74) is 1.02. The summed E-state index contributed by atoms with van der Waals surface area (Å²) in [6.45, 7) is 1.92. The molecule has 1 amide bonds. The molecule has 0 bridgehead atoms. The molecule has 0 saturated carbocycles. The molecule has 0 aliphatic heterocycles. The van der Waals surface area contributed by atoms with Gasteiger partial charge in [0.15, 0.2) is 18.1 Å². The fraction of sp³-hybridized carbons (Fsp3) is 0.200. The molecule has 0 fully saturated rings. The summed E-state index contributed by atoms with van der Waals surface area (Å²) in [7, 11) is 1.51. The Morgan fingerprint density at radius 2 is 1.44 bits per heavy atom. The Labute approximate surface area is 186 Å². The third kappa shape index (κ3) is 6.01. The van der Waals surface area contributed by atoms with Crippen molar-refractivity contribution in [3.05, 3.63) is 84.4 Å². The second-order valence-electron chi connectivity index (χ2n) is 6.64. The lowest BCUT2D eigenvalue weighted by Gasteiger charge is -2.19. The second-order valence-corrected chi connectivity index (χ2v) is 6.64. The maximum Gasteiger partial charge on any atom is 0.345 e. The largest absolute Gasteiger partial charge is 0.493 e. The van der Waals surface area contributed by atoms with E-state index < -0.39 is 18.0 Å². The van der Waals surface area contributed by atoms with Gasteiger partial charge in [0.05, 0.1) is 19.4 Å². The van der Waals surface area contributed by atoms with Crippen LogP contribution in [0.15, 0.2) is 78.9 Å². The Hall–Kier alpha value is -4.00. The lowest BCUT2D eigenvalue weighted by atomic mass is 10.1. The van der Waals surface area contributed by atoms with Crippen LogP contribution in [0.2, 0.25) is 0 Å². The van der Waals surface area contributed by atoms with Crippen LogP contribution in [0.25, 0.3) is 0 Å². The van der Waals surface area contributed by atoms with Gasteiger partial charge in [-0.05, 0) is 31.2 Å². The first-order valence-electron chi connectivity index (χ1n) is 10.1. The molecule has 0 heterocycles. The molecule has 0 saturated heterocycles. The van der Waals surface area contributed by atoms with E-state index in [1.807, 2.05) is 19.1 Å². The predicted molar refractivity (Wildman–Crippen MR) is 120 cm³/mol. The number of carbonyl (C=O) groups excluding carboxylic acids is 2. The van der Waals surface area contributed by atoms with Crippen LogP contribution in [0.1, 0.15) is 18.6 Å². The van der Waals surface area contributed by atoms with Crippen molar-refractivity contribution in [3.63, 3.8) is 0 Å². The van der Waals surface area contributed by atoms with Gasteiger partial charge in [0.1, 0.15) is 5.75 Å². The van der Waals surface area contributed by atoms with E-state index in [1.54, 1.807) is 66.7 Å². The number of methoxy groups -OCH3 is 1. The van der Waals surface area contributed by atoms with Gasteiger partial charge in [-0.3, -0.25) is 4.79 Å². The lowest BCUT2D eigenvalue weighted by Crippen LogP contribution is -2.28. The highest BCUT2D eigenvalue weighted by Crippen LogP contribution is 2.28. The molecular formula is C25H25NO6.